The zero-order chi connectivity index (χ0) is 17.2. The Kier molecular flexibility index (Phi) is 4.25. The Balaban J connectivity index is 1.56. The predicted octanol–water partition coefficient (Wildman–Crippen LogP) is 2.65. The van der Waals surface area contributed by atoms with Crippen molar-refractivity contribution in [3.05, 3.63) is 59.1 Å². The number of ether oxygens (including phenoxy) is 1. The molecule has 6 nitrogen and oxygen atoms in total. The van der Waals surface area contributed by atoms with Crippen molar-refractivity contribution in [1.82, 2.24) is 20.4 Å². The van der Waals surface area contributed by atoms with Crippen LogP contribution in [0.1, 0.15) is 22.2 Å². The van der Waals surface area contributed by atoms with Crippen LogP contribution < -0.4 is 15.4 Å². The largest absolute Gasteiger partial charge is 0.497 e. The van der Waals surface area contributed by atoms with E-state index in [4.69, 9.17) is 4.74 Å². The number of hydrogen-bond acceptors (Lipinski definition) is 5. The summed E-state index contributed by atoms with van der Waals surface area (Å²) in [6.45, 7) is 1.16. The lowest BCUT2D eigenvalue weighted by atomic mass is 10.2. The normalized spacial score (nSPS) is 16.4. The smallest absolute Gasteiger partial charge is 0.269 e. The van der Waals surface area contributed by atoms with E-state index in [1.165, 1.54) is 0 Å². The van der Waals surface area contributed by atoms with Crippen LogP contribution in [0.15, 0.2) is 47.8 Å². The Morgan fingerprint density at radius 1 is 1.36 bits per heavy atom. The lowest BCUT2D eigenvalue weighted by Gasteiger charge is -2.25. The molecule has 0 bridgehead atoms. The standard InChI is InChI=1S/C18H18N4O2S/c1-24-13-5-2-4-12(8-13)10-19-17-11-20-18(23)15-9-14(21-22(15)17)16-6-3-7-25-16/h2-9,17,19H,10-11H2,1H3,(H,20,23). The highest BCUT2D eigenvalue weighted by Crippen LogP contribution is 2.26. The molecular formula is C18H18N4O2S. The Morgan fingerprint density at radius 2 is 2.28 bits per heavy atom. The van der Waals surface area contributed by atoms with Gasteiger partial charge in [-0.05, 0) is 35.2 Å². The van der Waals surface area contributed by atoms with Gasteiger partial charge in [0.2, 0.25) is 0 Å². The first-order valence-electron chi connectivity index (χ1n) is 8.02. The molecule has 0 spiro atoms. The molecule has 1 amide bonds. The van der Waals surface area contributed by atoms with Crippen molar-refractivity contribution in [3.8, 4) is 16.3 Å². The van der Waals surface area contributed by atoms with Crippen LogP contribution in [0.5, 0.6) is 5.75 Å². The van der Waals surface area contributed by atoms with Gasteiger partial charge in [-0.1, -0.05) is 18.2 Å². The Morgan fingerprint density at radius 3 is 3.08 bits per heavy atom. The first-order chi connectivity index (χ1) is 12.2. The van der Waals surface area contributed by atoms with Crippen molar-refractivity contribution < 1.29 is 9.53 Å². The average molecular weight is 354 g/mol. The van der Waals surface area contributed by atoms with Gasteiger partial charge in [-0.15, -0.1) is 11.3 Å². The maximum atomic E-state index is 12.2. The van der Waals surface area contributed by atoms with Crippen molar-refractivity contribution in [3.63, 3.8) is 0 Å². The maximum Gasteiger partial charge on any atom is 0.269 e. The molecule has 25 heavy (non-hydrogen) atoms. The molecule has 7 heteroatoms. The van der Waals surface area contributed by atoms with E-state index in [2.05, 4.69) is 15.7 Å². The number of fused-ring (bicyclic) bond motifs is 1. The van der Waals surface area contributed by atoms with Crippen molar-refractivity contribution in [1.29, 1.82) is 0 Å². The van der Waals surface area contributed by atoms with Gasteiger partial charge >= 0.3 is 0 Å². The maximum absolute atomic E-state index is 12.2. The molecule has 1 aliphatic heterocycles. The third kappa shape index (κ3) is 3.16. The molecule has 1 atom stereocenters. The van der Waals surface area contributed by atoms with Crippen LogP contribution in [0.25, 0.3) is 10.6 Å². The quantitative estimate of drug-likeness (QED) is 0.739. The third-order valence-corrected chi connectivity index (χ3v) is 5.06. The van der Waals surface area contributed by atoms with E-state index in [0.717, 1.165) is 21.9 Å². The molecule has 3 aromatic rings. The molecule has 0 aliphatic carbocycles. The summed E-state index contributed by atoms with van der Waals surface area (Å²) in [7, 11) is 1.66. The summed E-state index contributed by atoms with van der Waals surface area (Å²) in [4.78, 5) is 13.2. The molecule has 2 N–H and O–H groups in total. The lowest BCUT2D eigenvalue weighted by Crippen LogP contribution is -2.45. The fraction of sp³-hybridized carbons (Fsp3) is 0.222. The van der Waals surface area contributed by atoms with E-state index in [0.29, 0.717) is 18.8 Å². The zero-order valence-corrected chi connectivity index (χ0v) is 14.5. The van der Waals surface area contributed by atoms with Gasteiger partial charge in [0.15, 0.2) is 0 Å². The van der Waals surface area contributed by atoms with Gasteiger partial charge < -0.3 is 10.1 Å². The Labute approximate surface area is 149 Å². The van der Waals surface area contributed by atoms with E-state index in [-0.39, 0.29) is 12.1 Å². The fourth-order valence-corrected chi connectivity index (χ4v) is 3.57. The first kappa shape index (κ1) is 15.9. The second-order valence-corrected chi connectivity index (χ2v) is 6.74. The number of benzene rings is 1. The SMILES string of the molecule is COc1cccc(CNC2CNC(=O)c3cc(-c4cccs4)nn32)c1. The number of amides is 1. The summed E-state index contributed by atoms with van der Waals surface area (Å²) in [5.41, 5.74) is 2.52. The van der Waals surface area contributed by atoms with Gasteiger partial charge in [0, 0.05) is 6.54 Å². The molecule has 3 heterocycles. The van der Waals surface area contributed by atoms with Gasteiger partial charge in [-0.2, -0.15) is 5.10 Å². The number of thiophene rings is 1. The van der Waals surface area contributed by atoms with E-state index < -0.39 is 0 Å². The minimum absolute atomic E-state index is 0.0882. The van der Waals surface area contributed by atoms with Crippen molar-refractivity contribution in [2.24, 2.45) is 0 Å². The van der Waals surface area contributed by atoms with Crippen LogP contribution in [-0.4, -0.2) is 29.3 Å². The molecule has 0 saturated carbocycles. The minimum atomic E-state index is -0.0902. The van der Waals surface area contributed by atoms with Gasteiger partial charge in [-0.3, -0.25) is 10.1 Å². The lowest BCUT2D eigenvalue weighted by molar-refractivity contribution is 0.0900. The summed E-state index contributed by atoms with van der Waals surface area (Å²) < 4.78 is 7.05. The van der Waals surface area contributed by atoms with Crippen LogP contribution in [0.2, 0.25) is 0 Å². The van der Waals surface area contributed by atoms with Crippen LogP contribution in [0.4, 0.5) is 0 Å². The predicted molar refractivity (Wildman–Crippen MR) is 96.7 cm³/mol. The molecule has 1 unspecified atom stereocenters. The van der Waals surface area contributed by atoms with Crippen LogP contribution >= 0.6 is 11.3 Å². The number of carbonyl (C=O) groups excluding carboxylic acids is 1. The van der Waals surface area contributed by atoms with E-state index >= 15 is 0 Å². The summed E-state index contributed by atoms with van der Waals surface area (Å²) in [6, 6.07) is 13.8. The number of aromatic nitrogens is 2. The minimum Gasteiger partial charge on any atom is -0.497 e. The van der Waals surface area contributed by atoms with E-state index in [9.17, 15) is 4.79 Å². The molecular weight excluding hydrogens is 336 g/mol. The van der Waals surface area contributed by atoms with Gasteiger partial charge in [0.25, 0.3) is 5.91 Å². The fourth-order valence-electron chi connectivity index (χ4n) is 2.89. The number of nitrogens with zero attached hydrogens (tertiary/aromatic N) is 2. The molecule has 0 fully saturated rings. The third-order valence-electron chi connectivity index (χ3n) is 4.17. The summed E-state index contributed by atoms with van der Waals surface area (Å²) in [5.74, 6) is 0.741. The number of nitrogens with one attached hydrogen (secondary N) is 2. The van der Waals surface area contributed by atoms with E-state index in [1.54, 1.807) is 23.1 Å². The van der Waals surface area contributed by atoms with Crippen molar-refractivity contribution in [2.75, 3.05) is 13.7 Å². The van der Waals surface area contributed by atoms with Crippen LogP contribution in [-0.2, 0) is 6.54 Å². The molecule has 0 radical (unpaired) electrons. The van der Waals surface area contributed by atoms with Gasteiger partial charge in [-0.25, -0.2) is 4.68 Å². The molecule has 2 aromatic heterocycles. The topological polar surface area (TPSA) is 68.2 Å². The summed E-state index contributed by atoms with van der Waals surface area (Å²) >= 11 is 1.61. The highest BCUT2D eigenvalue weighted by Gasteiger charge is 2.27. The van der Waals surface area contributed by atoms with Gasteiger partial charge in [0.05, 0.1) is 18.5 Å². The second kappa shape index (κ2) is 6.70. The highest BCUT2D eigenvalue weighted by molar-refractivity contribution is 7.13. The summed E-state index contributed by atoms with van der Waals surface area (Å²) in [6.07, 6.45) is -0.0902. The average Bonchev–Trinajstić information content (AvgIpc) is 3.31. The van der Waals surface area contributed by atoms with E-state index in [1.807, 2.05) is 47.8 Å². The monoisotopic (exact) mass is 354 g/mol. The van der Waals surface area contributed by atoms with Crippen LogP contribution in [0.3, 0.4) is 0 Å². The van der Waals surface area contributed by atoms with Crippen molar-refractivity contribution >= 4 is 17.2 Å². The summed E-state index contributed by atoms with van der Waals surface area (Å²) in [5, 5.41) is 13.0. The van der Waals surface area contributed by atoms with Crippen LogP contribution in [0, 0.1) is 0 Å². The molecule has 4 rings (SSSR count). The number of rotatable bonds is 5. The van der Waals surface area contributed by atoms with Gasteiger partial charge in [0.1, 0.15) is 23.3 Å². The molecule has 0 saturated heterocycles. The molecule has 128 valence electrons. The zero-order valence-electron chi connectivity index (χ0n) is 13.7. The highest BCUT2D eigenvalue weighted by atomic mass is 32.1. The Bertz CT molecular complexity index is 888. The first-order valence-corrected chi connectivity index (χ1v) is 8.90. The Hall–Kier alpha value is -2.64. The number of carbonyl (C=O) groups is 1. The second-order valence-electron chi connectivity index (χ2n) is 5.79. The molecule has 1 aliphatic rings. The number of methoxy groups -OCH3 is 1. The van der Waals surface area contributed by atoms with Crippen molar-refractivity contribution in [2.45, 2.75) is 12.7 Å². The number of hydrogen-bond donors (Lipinski definition) is 2. The molecule has 1 aromatic carbocycles.